The van der Waals surface area contributed by atoms with Crippen LogP contribution in [0.5, 0.6) is 0 Å². The number of nitrogens with one attached hydrogen (secondary N) is 3. The molecule has 0 bridgehead atoms. The first-order chi connectivity index (χ1) is 24.0. The minimum absolute atomic E-state index is 0.108. The van der Waals surface area contributed by atoms with Crippen LogP contribution >= 0.6 is 0 Å². The first-order valence-corrected chi connectivity index (χ1v) is 14.5. The standard InChI is InChI=1S/C6H7N5O.C6H7N5.C6H8N2O2.C6H8N2O.C5H7N3O/c1-11-2-8-3-4(11)9-6(7)10-5(3)12;1-11-3-10-4-5(7)8-2-9-6(4)11;1-4-3-8(2)6(10)7-5(4)9;1-5-7-6(9)3-4-8(5)2;1-8-3-2-4(6)7-5(8)9/h2H,1H3,(H3,7,9,10,12);2-3H,1H3,(H2,7,8,9);3H,1-2H3,(H,7,9,10);3-4H,1H2,2H3,(H,7,9);2-3H,1H3,(H2,6,7,9). The Labute approximate surface area is 287 Å². The van der Waals surface area contributed by atoms with Crippen molar-refractivity contribution in [3.63, 3.8) is 0 Å². The zero-order valence-electron chi connectivity index (χ0n) is 28.5. The van der Waals surface area contributed by atoms with Crippen LogP contribution in [0.2, 0.25) is 0 Å². The molecule has 7 rings (SSSR count). The van der Waals surface area contributed by atoms with Gasteiger partial charge < -0.3 is 45.7 Å². The molecule has 7 heterocycles. The van der Waals surface area contributed by atoms with Crippen LogP contribution in [0.4, 0.5) is 17.6 Å². The first kappa shape index (κ1) is 38.1. The van der Waals surface area contributed by atoms with Crippen molar-refractivity contribution in [2.45, 2.75) is 6.92 Å². The van der Waals surface area contributed by atoms with E-state index >= 15 is 0 Å². The highest BCUT2D eigenvalue weighted by molar-refractivity contribution is 5.89. The Morgan fingerprint density at radius 1 is 0.745 bits per heavy atom. The van der Waals surface area contributed by atoms with E-state index in [0.717, 1.165) is 5.65 Å². The average Bonchev–Trinajstić information content (AvgIpc) is 3.64. The van der Waals surface area contributed by atoms with Crippen LogP contribution in [-0.2, 0) is 33.0 Å². The van der Waals surface area contributed by atoms with Gasteiger partial charge in [0.05, 0.1) is 12.7 Å². The number of anilines is 3. The third-order valence-corrected chi connectivity index (χ3v) is 6.54. The van der Waals surface area contributed by atoms with Crippen molar-refractivity contribution in [3.8, 4) is 0 Å². The summed E-state index contributed by atoms with van der Waals surface area (Å²) in [6.07, 6.45) is 10.8. The number of rotatable bonds is 0. The van der Waals surface area contributed by atoms with Gasteiger partial charge in [-0.1, -0.05) is 6.58 Å². The number of aromatic amines is 2. The Balaban J connectivity index is 0.000000173. The monoisotopic (exact) mass is 703 g/mol. The van der Waals surface area contributed by atoms with Crippen LogP contribution in [0.1, 0.15) is 5.56 Å². The molecule has 22 heteroatoms. The van der Waals surface area contributed by atoms with E-state index in [4.69, 9.17) is 17.2 Å². The zero-order chi connectivity index (χ0) is 38.0. The topological polar surface area (TPSA) is 307 Å². The molecule has 0 aliphatic carbocycles. The van der Waals surface area contributed by atoms with Gasteiger partial charge in [0.2, 0.25) is 5.95 Å². The van der Waals surface area contributed by atoms with Gasteiger partial charge >= 0.3 is 11.4 Å². The summed E-state index contributed by atoms with van der Waals surface area (Å²) in [6, 6.07) is 1.57. The lowest BCUT2D eigenvalue weighted by atomic mass is 10.4. The molecule has 0 aromatic carbocycles. The molecule has 6 aromatic heterocycles. The number of imidazole rings is 2. The summed E-state index contributed by atoms with van der Waals surface area (Å²) in [5.41, 5.74) is 17.5. The maximum Gasteiger partial charge on any atom is 0.349 e. The van der Waals surface area contributed by atoms with Crippen LogP contribution in [0.25, 0.3) is 22.3 Å². The zero-order valence-corrected chi connectivity index (χ0v) is 28.5. The van der Waals surface area contributed by atoms with Crippen molar-refractivity contribution in [2.24, 2.45) is 28.2 Å². The average molecular weight is 704 g/mol. The molecule has 51 heavy (non-hydrogen) atoms. The molecule has 0 saturated heterocycles. The number of aromatic nitrogens is 12. The third-order valence-electron chi connectivity index (χ3n) is 6.54. The van der Waals surface area contributed by atoms with Gasteiger partial charge in [-0.25, -0.2) is 29.5 Å². The second-order valence-electron chi connectivity index (χ2n) is 10.6. The maximum absolute atomic E-state index is 11.2. The second-order valence-corrected chi connectivity index (χ2v) is 10.6. The predicted octanol–water partition coefficient (Wildman–Crippen LogP) is -2.04. The van der Waals surface area contributed by atoms with Gasteiger partial charge in [-0.05, 0) is 13.0 Å². The first-order valence-electron chi connectivity index (χ1n) is 14.5. The van der Waals surface area contributed by atoms with Crippen molar-refractivity contribution in [2.75, 3.05) is 24.2 Å². The molecule has 6 aromatic rings. The van der Waals surface area contributed by atoms with Gasteiger partial charge in [0.25, 0.3) is 17.0 Å². The van der Waals surface area contributed by atoms with Gasteiger partial charge in [0, 0.05) is 65.5 Å². The van der Waals surface area contributed by atoms with Crippen molar-refractivity contribution in [1.29, 1.82) is 0 Å². The summed E-state index contributed by atoms with van der Waals surface area (Å²) in [5.74, 6) is 1.30. The van der Waals surface area contributed by atoms with E-state index in [2.05, 4.69) is 51.8 Å². The van der Waals surface area contributed by atoms with Crippen molar-refractivity contribution in [3.05, 3.63) is 109 Å². The molecule has 0 saturated carbocycles. The molecule has 1 amide bonds. The molecule has 9 N–H and O–H groups in total. The smallest absolute Gasteiger partial charge is 0.349 e. The van der Waals surface area contributed by atoms with Gasteiger partial charge in [-0.2, -0.15) is 9.97 Å². The summed E-state index contributed by atoms with van der Waals surface area (Å²) in [6.45, 7) is 5.24. The SMILES string of the molecule is C=C1NC(=O)C=CN1C.Cc1cn(C)c(=O)[nH]c1=O.Cn1ccc(N)nc1=O.Cn1cnc2c(=O)[nH]c(N)nc21.Cn1cnc2c(N)ncnc21. The van der Waals surface area contributed by atoms with E-state index in [1.165, 1.54) is 34.1 Å². The Hall–Kier alpha value is -7.39. The minimum atomic E-state index is -0.379. The van der Waals surface area contributed by atoms with Crippen LogP contribution < -0.4 is 45.0 Å². The number of fused-ring (bicyclic) bond motifs is 2. The summed E-state index contributed by atoms with van der Waals surface area (Å²) in [4.78, 5) is 83.1. The lowest BCUT2D eigenvalue weighted by Crippen LogP contribution is -2.32. The largest absolute Gasteiger partial charge is 0.383 e. The number of carbonyl (C=O) groups is 1. The molecule has 1 aliphatic rings. The molecule has 268 valence electrons. The van der Waals surface area contributed by atoms with E-state index < -0.39 is 0 Å². The normalized spacial score (nSPS) is 11.6. The van der Waals surface area contributed by atoms with E-state index in [-0.39, 0.29) is 40.2 Å². The molecule has 22 nitrogen and oxygen atoms in total. The number of nitrogen functional groups attached to an aromatic ring is 3. The molecule has 0 radical (unpaired) electrons. The van der Waals surface area contributed by atoms with Crippen LogP contribution in [0.15, 0.2) is 81.3 Å². The van der Waals surface area contributed by atoms with E-state index in [1.807, 2.05) is 14.1 Å². The predicted molar refractivity (Wildman–Crippen MR) is 189 cm³/mol. The van der Waals surface area contributed by atoms with E-state index in [1.54, 1.807) is 66.9 Å². The van der Waals surface area contributed by atoms with Gasteiger partial charge in [0.1, 0.15) is 23.5 Å². The number of amides is 1. The maximum atomic E-state index is 11.2. The lowest BCUT2D eigenvalue weighted by molar-refractivity contribution is -0.116. The van der Waals surface area contributed by atoms with Crippen LogP contribution in [-0.4, -0.2) is 76.0 Å². The highest BCUT2D eigenvalue weighted by atomic mass is 16.2. The fourth-order valence-electron chi connectivity index (χ4n) is 3.71. The fourth-order valence-corrected chi connectivity index (χ4v) is 3.71. The number of aryl methyl sites for hydroxylation is 5. The molecular formula is C29H37N17O5. The van der Waals surface area contributed by atoms with Gasteiger partial charge in [-0.3, -0.25) is 24.4 Å². The number of hydrogen-bond donors (Lipinski definition) is 6. The number of nitrogens with zero attached hydrogens (tertiary/aromatic N) is 11. The molecule has 0 atom stereocenters. The Bertz CT molecular complexity index is 2420. The van der Waals surface area contributed by atoms with Gasteiger partial charge in [-0.15, -0.1) is 0 Å². The quantitative estimate of drug-likeness (QED) is 0.0993. The van der Waals surface area contributed by atoms with E-state index in [0.29, 0.717) is 33.9 Å². The number of H-pyrrole nitrogens is 2. The summed E-state index contributed by atoms with van der Waals surface area (Å²) >= 11 is 0. The number of nitrogens with two attached hydrogens (primary N) is 3. The highest BCUT2D eigenvalue weighted by Crippen LogP contribution is 2.12. The Kier molecular flexibility index (Phi) is 12.4. The minimum Gasteiger partial charge on any atom is -0.383 e. The van der Waals surface area contributed by atoms with Crippen LogP contribution in [0, 0.1) is 6.92 Å². The van der Waals surface area contributed by atoms with Crippen molar-refractivity contribution in [1.82, 2.24) is 68.4 Å². The number of carbonyl (C=O) groups excluding carboxylic acids is 1. The fraction of sp³-hybridized carbons (Fsp3) is 0.207. The summed E-state index contributed by atoms with van der Waals surface area (Å²) in [5, 5.41) is 2.53. The molecule has 0 unspecified atom stereocenters. The summed E-state index contributed by atoms with van der Waals surface area (Å²) in [7, 11) is 8.64. The second kappa shape index (κ2) is 16.6. The van der Waals surface area contributed by atoms with Crippen LogP contribution in [0.3, 0.4) is 0 Å². The Morgan fingerprint density at radius 3 is 1.96 bits per heavy atom. The van der Waals surface area contributed by atoms with Gasteiger partial charge in [0.15, 0.2) is 22.6 Å². The molecule has 0 fully saturated rings. The van der Waals surface area contributed by atoms with Crippen molar-refractivity contribution < 1.29 is 4.79 Å². The molecule has 0 spiro atoms. The molecule has 1 aliphatic heterocycles. The Morgan fingerprint density at radius 2 is 1.39 bits per heavy atom. The lowest BCUT2D eigenvalue weighted by Gasteiger charge is -2.20. The molecular weight excluding hydrogens is 666 g/mol. The van der Waals surface area contributed by atoms with E-state index in [9.17, 15) is 24.0 Å². The number of hydrogen-bond acceptors (Lipinski definition) is 15. The van der Waals surface area contributed by atoms with Crippen molar-refractivity contribution >= 4 is 45.8 Å². The summed E-state index contributed by atoms with van der Waals surface area (Å²) < 4.78 is 6.13. The highest BCUT2D eigenvalue weighted by Gasteiger charge is 2.07. The third kappa shape index (κ3) is 10.3.